The Bertz CT molecular complexity index is 342. The van der Waals surface area contributed by atoms with E-state index in [4.69, 9.17) is 4.74 Å². The lowest BCUT2D eigenvalue weighted by molar-refractivity contribution is -0.158. The average molecular weight is 284 g/mol. The predicted molar refractivity (Wildman–Crippen MR) is 78.4 cm³/mol. The van der Waals surface area contributed by atoms with Gasteiger partial charge in [0.15, 0.2) is 0 Å². The summed E-state index contributed by atoms with van der Waals surface area (Å²) in [5.74, 6) is -0.364. The van der Waals surface area contributed by atoms with Crippen molar-refractivity contribution in [2.45, 2.75) is 65.5 Å². The fraction of sp³-hybridized carbons (Fsp3) is 0.867. The molecule has 2 amide bonds. The number of nitrogens with zero attached hydrogens (tertiary/aromatic N) is 1. The van der Waals surface area contributed by atoms with E-state index < -0.39 is 11.6 Å². The summed E-state index contributed by atoms with van der Waals surface area (Å²) < 4.78 is 5.38. The van der Waals surface area contributed by atoms with Gasteiger partial charge in [-0.25, -0.2) is 9.59 Å². The fourth-order valence-electron chi connectivity index (χ4n) is 2.18. The summed E-state index contributed by atoms with van der Waals surface area (Å²) in [7, 11) is 0. The number of hydrogen-bond acceptors (Lipinski definition) is 3. The molecule has 0 aromatic rings. The monoisotopic (exact) mass is 284 g/mol. The molecule has 0 aromatic carbocycles. The second-order valence-corrected chi connectivity index (χ2v) is 6.75. The van der Waals surface area contributed by atoms with E-state index in [-0.39, 0.29) is 17.9 Å². The van der Waals surface area contributed by atoms with Crippen molar-refractivity contribution in [3.63, 3.8) is 0 Å². The normalized spacial score (nSPS) is 17.8. The van der Waals surface area contributed by atoms with Crippen molar-refractivity contribution in [1.82, 2.24) is 10.2 Å². The van der Waals surface area contributed by atoms with Gasteiger partial charge in [-0.2, -0.15) is 0 Å². The van der Waals surface area contributed by atoms with E-state index >= 15 is 0 Å². The van der Waals surface area contributed by atoms with Crippen LogP contribution in [0.2, 0.25) is 0 Å². The highest BCUT2D eigenvalue weighted by Crippen LogP contribution is 2.14. The minimum Gasteiger partial charge on any atom is -0.458 e. The van der Waals surface area contributed by atoms with Crippen LogP contribution in [0, 0.1) is 5.92 Å². The van der Waals surface area contributed by atoms with Crippen LogP contribution in [0.15, 0.2) is 0 Å². The molecule has 0 unspecified atom stereocenters. The van der Waals surface area contributed by atoms with Crippen LogP contribution in [-0.4, -0.2) is 41.6 Å². The van der Waals surface area contributed by atoms with Gasteiger partial charge < -0.3 is 15.0 Å². The van der Waals surface area contributed by atoms with Crippen LogP contribution < -0.4 is 5.32 Å². The molecule has 1 rings (SSSR count). The van der Waals surface area contributed by atoms with Gasteiger partial charge in [0.1, 0.15) is 11.6 Å². The van der Waals surface area contributed by atoms with Crippen LogP contribution in [0.5, 0.6) is 0 Å². The first-order chi connectivity index (χ1) is 9.20. The molecule has 5 nitrogen and oxygen atoms in total. The van der Waals surface area contributed by atoms with Gasteiger partial charge in [-0.05, 0) is 46.0 Å². The van der Waals surface area contributed by atoms with Gasteiger partial charge in [-0.3, -0.25) is 0 Å². The number of amides is 2. The van der Waals surface area contributed by atoms with Crippen molar-refractivity contribution in [2.75, 3.05) is 13.1 Å². The van der Waals surface area contributed by atoms with Crippen LogP contribution in [-0.2, 0) is 9.53 Å². The van der Waals surface area contributed by atoms with Crippen molar-refractivity contribution in [2.24, 2.45) is 5.92 Å². The number of likely N-dealkylation sites (tertiary alicyclic amines) is 1. The summed E-state index contributed by atoms with van der Waals surface area (Å²) in [5.41, 5.74) is -0.542. The minimum absolute atomic E-state index is 0.00131. The predicted octanol–water partition coefficient (Wildman–Crippen LogP) is 2.55. The lowest BCUT2D eigenvalue weighted by Crippen LogP contribution is -2.52. The number of piperidine rings is 1. The van der Waals surface area contributed by atoms with E-state index in [1.807, 2.05) is 34.6 Å². The third-order valence-corrected chi connectivity index (χ3v) is 3.25. The van der Waals surface area contributed by atoms with Crippen LogP contribution >= 0.6 is 0 Å². The standard InChI is InChI=1S/C15H28N2O3/c1-11(2)12(13(18)20-15(3,4)5)16-14(19)17-9-7-6-8-10-17/h11-12H,6-10H2,1-5H3,(H,16,19)/t12-/m1/s1. The van der Waals surface area contributed by atoms with Crippen LogP contribution in [0.25, 0.3) is 0 Å². The van der Waals surface area contributed by atoms with Crippen molar-refractivity contribution in [3.05, 3.63) is 0 Å². The molecule has 0 spiro atoms. The van der Waals surface area contributed by atoms with Crippen molar-refractivity contribution in [1.29, 1.82) is 0 Å². The van der Waals surface area contributed by atoms with E-state index in [1.54, 1.807) is 4.90 Å². The minimum atomic E-state index is -0.594. The van der Waals surface area contributed by atoms with Crippen LogP contribution in [0.1, 0.15) is 53.9 Å². The Balaban J connectivity index is 2.62. The Labute approximate surface area is 122 Å². The molecule has 1 fully saturated rings. The van der Waals surface area contributed by atoms with E-state index in [1.165, 1.54) is 6.42 Å². The summed E-state index contributed by atoms with van der Waals surface area (Å²) >= 11 is 0. The van der Waals surface area contributed by atoms with E-state index in [9.17, 15) is 9.59 Å². The Morgan fingerprint density at radius 2 is 1.65 bits per heavy atom. The smallest absolute Gasteiger partial charge is 0.329 e. The van der Waals surface area contributed by atoms with Gasteiger partial charge in [0.05, 0.1) is 0 Å². The molecule has 5 heteroatoms. The SMILES string of the molecule is CC(C)[C@@H](NC(=O)N1CCCCC1)C(=O)OC(C)(C)C. The fourth-order valence-corrected chi connectivity index (χ4v) is 2.18. The maximum atomic E-state index is 12.2. The molecule has 0 aliphatic carbocycles. The quantitative estimate of drug-likeness (QED) is 0.810. The molecule has 1 atom stereocenters. The molecule has 1 aliphatic rings. The summed E-state index contributed by atoms with van der Waals surface area (Å²) in [6, 6.07) is -0.752. The molecule has 116 valence electrons. The second kappa shape index (κ2) is 6.95. The molecule has 0 bridgehead atoms. The summed E-state index contributed by atoms with van der Waals surface area (Å²) in [6.07, 6.45) is 3.24. The Morgan fingerprint density at radius 1 is 1.10 bits per heavy atom. The van der Waals surface area contributed by atoms with Gasteiger partial charge in [-0.1, -0.05) is 13.8 Å². The van der Waals surface area contributed by atoms with E-state index in [0.29, 0.717) is 0 Å². The number of carbonyl (C=O) groups is 2. The maximum Gasteiger partial charge on any atom is 0.329 e. The van der Waals surface area contributed by atoms with Crippen molar-refractivity contribution < 1.29 is 14.3 Å². The number of ether oxygens (including phenoxy) is 1. The van der Waals surface area contributed by atoms with Gasteiger partial charge in [0.25, 0.3) is 0 Å². The van der Waals surface area contributed by atoms with Crippen LogP contribution in [0.4, 0.5) is 4.79 Å². The molecular formula is C15H28N2O3. The number of carbonyl (C=O) groups excluding carboxylic acids is 2. The van der Waals surface area contributed by atoms with Crippen LogP contribution in [0.3, 0.4) is 0 Å². The highest BCUT2D eigenvalue weighted by molar-refractivity contribution is 5.84. The number of hydrogen-bond donors (Lipinski definition) is 1. The summed E-state index contributed by atoms with van der Waals surface area (Å²) in [4.78, 5) is 26.1. The lowest BCUT2D eigenvalue weighted by atomic mass is 10.0. The molecule has 1 saturated heterocycles. The molecule has 20 heavy (non-hydrogen) atoms. The zero-order chi connectivity index (χ0) is 15.3. The summed E-state index contributed by atoms with van der Waals surface area (Å²) in [6.45, 7) is 10.8. The van der Waals surface area contributed by atoms with E-state index in [0.717, 1.165) is 25.9 Å². The van der Waals surface area contributed by atoms with Gasteiger partial charge in [0.2, 0.25) is 0 Å². The van der Waals surface area contributed by atoms with Gasteiger partial charge in [0, 0.05) is 13.1 Å². The first-order valence-corrected chi connectivity index (χ1v) is 7.49. The molecular weight excluding hydrogens is 256 g/mol. The molecule has 1 heterocycles. The highest BCUT2D eigenvalue weighted by Gasteiger charge is 2.30. The maximum absolute atomic E-state index is 12.2. The summed E-state index contributed by atoms with van der Waals surface area (Å²) in [5, 5.41) is 2.82. The van der Waals surface area contributed by atoms with Crippen molar-refractivity contribution in [3.8, 4) is 0 Å². The number of nitrogens with one attached hydrogen (secondary N) is 1. The largest absolute Gasteiger partial charge is 0.458 e. The first-order valence-electron chi connectivity index (χ1n) is 7.49. The Morgan fingerprint density at radius 3 is 2.10 bits per heavy atom. The third-order valence-electron chi connectivity index (χ3n) is 3.25. The lowest BCUT2D eigenvalue weighted by Gasteiger charge is -2.31. The Hall–Kier alpha value is -1.26. The zero-order valence-corrected chi connectivity index (χ0v) is 13.4. The van der Waals surface area contributed by atoms with Crippen molar-refractivity contribution >= 4 is 12.0 Å². The first kappa shape index (κ1) is 16.8. The molecule has 1 N–H and O–H groups in total. The van der Waals surface area contributed by atoms with E-state index in [2.05, 4.69) is 5.32 Å². The topological polar surface area (TPSA) is 58.6 Å². The van der Waals surface area contributed by atoms with Gasteiger partial charge >= 0.3 is 12.0 Å². The van der Waals surface area contributed by atoms with Gasteiger partial charge in [-0.15, -0.1) is 0 Å². The zero-order valence-electron chi connectivity index (χ0n) is 13.4. The molecule has 0 saturated carbocycles. The molecule has 1 aliphatic heterocycles. The molecule has 0 aromatic heterocycles. The Kier molecular flexibility index (Phi) is 5.84. The second-order valence-electron chi connectivity index (χ2n) is 6.75. The third kappa shape index (κ3) is 5.39. The highest BCUT2D eigenvalue weighted by atomic mass is 16.6. The number of esters is 1. The number of urea groups is 1. The number of rotatable bonds is 3. The molecule has 0 radical (unpaired) electrons. The average Bonchev–Trinajstić information content (AvgIpc) is 2.34.